The summed E-state index contributed by atoms with van der Waals surface area (Å²) in [6.45, 7) is 5.16. The van der Waals surface area contributed by atoms with Gasteiger partial charge in [0.15, 0.2) is 5.76 Å². The van der Waals surface area contributed by atoms with Crippen LogP contribution in [0.2, 0.25) is 0 Å². The largest absolute Gasteiger partial charge is 0.480 e. The number of aliphatic carboxylic acids is 1. The first-order valence-electron chi connectivity index (χ1n) is 6.90. The van der Waals surface area contributed by atoms with Crippen LogP contribution in [-0.2, 0) is 16.0 Å². The molecule has 0 aliphatic rings. The fourth-order valence-corrected chi connectivity index (χ4v) is 1.99. The molecule has 1 atom stereocenters. The Morgan fingerprint density at radius 1 is 1.41 bits per heavy atom. The second kappa shape index (κ2) is 6.46. The molecule has 0 unspecified atom stereocenters. The minimum absolute atomic E-state index is 0.0491. The standard InChI is InChI=1S/C15H18N2O5/c1-8(2)13(15(19)20)17-12(18)7-10-9(3)22-14(16-10)11-5-4-6-21-11/h4-6,8,13H,7H2,1-3H3,(H,17,18)(H,19,20)/t13-/m0/s1. The van der Waals surface area contributed by atoms with E-state index in [2.05, 4.69) is 10.3 Å². The van der Waals surface area contributed by atoms with Crippen LogP contribution in [0.3, 0.4) is 0 Å². The van der Waals surface area contributed by atoms with Crippen LogP contribution in [0.15, 0.2) is 27.2 Å². The predicted octanol–water partition coefficient (Wildman–Crippen LogP) is 2.01. The van der Waals surface area contributed by atoms with Gasteiger partial charge < -0.3 is 19.3 Å². The summed E-state index contributed by atoms with van der Waals surface area (Å²) >= 11 is 0. The molecule has 118 valence electrons. The Labute approximate surface area is 127 Å². The van der Waals surface area contributed by atoms with E-state index in [1.54, 1.807) is 32.9 Å². The molecule has 1 amide bonds. The summed E-state index contributed by atoms with van der Waals surface area (Å²) in [5, 5.41) is 11.6. The highest BCUT2D eigenvalue weighted by atomic mass is 16.4. The topological polar surface area (TPSA) is 106 Å². The molecule has 0 radical (unpaired) electrons. The number of aryl methyl sites for hydroxylation is 1. The van der Waals surface area contributed by atoms with Gasteiger partial charge in [-0.3, -0.25) is 4.79 Å². The summed E-state index contributed by atoms with van der Waals surface area (Å²) in [7, 11) is 0. The summed E-state index contributed by atoms with van der Waals surface area (Å²) in [5.74, 6) is -0.416. The molecule has 0 fully saturated rings. The van der Waals surface area contributed by atoms with E-state index in [9.17, 15) is 9.59 Å². The fourth-order valence-electron chi connectivity index (χ4n) is 1.99. The third kappa shape index (κ3) is 3.55. The highest BCUT2D eigenvalue weighted by Crippen LogP contribution is 2.22. The number of carboxylic acids is 1. The second-order valence-corrected chi connectivity index (χ2v) is 5.30. The first-order chi connectivity index (χ1) is 10.4. The summed E-state index contributed by atoms with van der Waals surface area (Å²) < 4.78 is 10.6. The molecule has 2 N–H and O–H groups in total. The van der Waals surface area contributed by atoms with Crippen molar-refractivity contribution >= 4 is 11.9 Å². The van der Waals surface area contributed by atoms with Crippen molar-refractivity contribution in [1.82, 2.24) is 10.3 Å². The van der Waals surface area contributed by atoms with Crippen LogP contribution in [-0.4, -0.2) is 28.0 Å². The molecule has 22 heavy (non-hydrogen) atoms. The molecule has 0 spiro atoms. The van der Waals surface area contributed by atoms with Gasteiger partial charge in [-0.2, -0.15) is 0 Å². The van der Waals surface area contributed by atoms with E-state index in [-0.39, 0.29) is 12.3 Å². The minimum atomic E-state index is -1.06. The monoisotopic (exact) mass is 306 g/mol. The molecule has 0 saturated carbocycles. The van der Waals surface area contributed by atoms with Crippen LogP contribution in [0.4, 0.5) is 0 Å². The number of carboxylic acid groups (broad SMARTS) is 1. The van der Waals surface area contributed by atoms with Crippen molar-refractivity contribution in [2.24, 2.45) is 5.92 Å². The quantitative estimate of drug-likeness (QED) is 0.845. The molecule has 2 aromatic rings. The second-order valence-electron chi connectivity index (χ2n) is 5.30. The lowest BCUT2D eigenvalue weighted by Crippen LogP contribution is -2.45. The molecule has 0 bridgehead atoms. The lowest BCUT2D eigenvalue weighted by atomic mass is 10.0. The fraction of sp³-hybridized carbons (Fsp3) is 0.400. The number of nitrogens with one attached hydrogen (secondary N) is 1. The molecule has 7 nitrogen and oxygen atoms in total. The normalized spacial score (nSPS) is 12.4. The van der Waals surface area contributed by atoms with Gasteiger partial charge >= 0.3 is 5.97 Å². The number of furan rings is 1. The highest BCUT2D eigenvalue weighted by Gasteiger charge is 2.24. The van der Waals surface area contributed by atoms with Crippen molar-refractivity contribution in [3.8, 4) is 11.7 Å². The smallest absolute Gasteiger partial charge is 0.326 e. The van der Waals surface area contributed by atoms with Gasteiger partial charge in [-0.05, 0) is 25.0 Å². The average Bonchev–Trinajstić information content (AvgIpc) is 3.06. The average molecular weight is 306 g/mol. The van der Waals surface area contributed by atoms with Gasteiger partial charge in [-0.25, -0.2) is 9.78 Å². The summed E-state index contributed by atoms with van der Waals surface area (Å²) in [4.78, 5) is 27.3. The van der Waals surface area contributed by atoms with Gasteiger partial charge in [0.1, 0.15) is 11.8 Å². The molecule has 2 heterocycles. The number of oxazole rings is 1. The predicted molar refractivity (Wildman–Crippen MR) is 77.1 cm³/mol. The lowest BCUT2D eigenvalue weighted by Gasteiger charge is -2.17. The van der Waals surface area contributed by atoms with Crippen LogP contribution < -0.4 is 5.32 Å². The van der Waals surface area contributed by atoms with E-state index >= 15 is 0 Å². The van der Waals surface area contributed by atoms with Gasteiger partial charge in [0.25, 0.3) is 5.89 Å². The van der Waals surface area contributed by atoms with E-state index in [0.717, 1.165) is 0 Å². The first kappa shape index (κ1) is 15.8. The van der Waals surface area contributed by atoms with Crippen LogP contribution in [0, 0.1) is 12.8 Å². The Balaban J connectivity index is 2.07. The molecule has 0 aliphatic carbocycles. The summed E-state index contributed by atoms with van der Waals surface area (Å²) in [6, 6.07) is 2.49. The van der Waals surface area contributed by atoms with Crippen molar-refractivity contribution < 1.29 is 23.5 Å². The lowest BCUT2D eigenvalue weighted by molar-refractivity contribution is -0.143. The molecule has 2 rings (SSSR count). The molecule has 2 aromatic heterocycles. The van der Waals surface area contributed by atoms with Crippen molar-refractivity contribution in [3.05, 3.63) is 29.9 Å². The van der Waals surface area contributed by atoms with Crippen molar-refractivity contribution in [2.75, 3.05) is 0 Å². The summed E-state index contributed by atoms with van der Waals surface area (Å²) in [5.41, 5.74) is 0.455. The van der Waals surface area contributed by atoms with Gasteiger partial charge in [0.2, 0.25) is 5.91 Å². The Morgan fingerprint density at radius 2 is 2.14 bits per heavy atom. The zero-order chi connectivity index (χ0) is 16.3. The zero-order valence-corrected chi connectivity index (χ0v) is 12.6. The number of rotatable bonds is 6. The van der Waals surface area contributed by atoms with Crippen molar-refractivity contribution in [2.45, 2.75) is 33.2 Å². The Kier molecular flexibility index (Phi) is 4.65. The maximum atomic E-state index is 12.0. The van der Waals surface area contributed by atoms with Crippen LogP contribution in [0.5, 0.6) is 0 Å². The molecule has 0 aromatic carbocycles. The van der Waals surface area contributed by atoms with Gasteiger partial charge in [0.05, 0.1) is 18.4 Å². The van der Waals surface area contributed by atoms with Gasteiger partial charge in [0, 0.05) is 0 Å². The number of hydrogen-bond acceptors (Lipinski definition) is 5. The van der Waals surface area contributed by atoms with E-state index in [1.165, 1.54) is 6.26 Å². The molecular formula is C15H18N2O5. The van der Waals surface area contributed by atoms with Crippen LogP contribution in [0.1, 0.15) is 25.3 Å². The van der Waals surface area contributed by atoms with Crippen LogP contribution in [0.25, 0.3) is 11.7 Å². The van der Waals surface area contributed by atoms with Gasteiger partial charge in [-0.15, -0.1) is 0 Å². The molecular weight excluding hydrogens is 288 g/mol. The SMILES string of the molecule is Cc1oc(-c2ccco2)nc1CC(=O)N[C@H](C(=O)O)C(C)C. The number of carbonyl (C=O) groups is 2. The van der Waals surface area contributed by atoms with Crippen molar-refractivity contribution in [1.29, 1.82) is 0 Å². The maximum Gasteiger partial charge on any atom is 0.326 e. The Hall–Kier alpha value is -2.57. The van der Waals surface area contributed by atoms with Gasteiger partial charge in [-0.1, -0.05) is 13.8 Å². The third-order valence-electron chi connectivity index (χ3n) is 3.20. The number of amides is 1. The van der Waals surface area contributed by atoms with E-state index in [4.69, 9.17) is 13.9 Å². The zero-order valence-electron chi connectivity index (χ0n) is 12.6. The molecule has 0 saturated heterocycles. The number of nitrogens with zero attached hydrogens (tertiary/aromatic N) is 1. The number of aromatic nitrogens is 1. The number of hydrogen-bond donors (Lipinski definition) is 2. The highest BCUT2D eigenvalue weighted by molar-refractivity contribution is 5.84. The first-order valence-corrected chi connectivity index (χ1v) is 6.90. The van der Waals surface area contributed by atoms with E-state index < -0.39 is 17.9 Å². The minimum Gasteiger partial charge on any atom is -0.480 e. The summed E-state index contributed by atoms with van der Waals surface area (Å²) in [6.07, 6.45) is 1.45. The third-order valence-corrected chi connectivity index (χ3v) is 3.20. The Morgan fingerprint density at radius 3 is 2.68 bits per heavy atom. The molecule has 7 heteroatoms. The van der Waals surface area contributed by atoms with E-state index in [0.29, 0.717) is 23.1 Å². The van der Waals surface area contributed by atoms with E-state index in [1.807, 2.05) is 0 Å². The van der Waals surface area contributed by atoms with Crippen LogP contribution >= 0.6 is 0 Å². The van der Waals surface area contributed by atoms with Crippen molar-refractivity contribution in [3.63, 3.8) is 0 Å². The Bertz CT molecular complexity index is 658. The number of carbonyl (C=O) groups excluding carboxylic acids is 1. The maximum absolute atomic E-state index is 12.0. The molecule has 0 aliphatic heterocycles.